The van der Waals surface area contributed by atoms with Gasteiger partial charge in [-0.1, -0.05) is 42.5 Å². The molecule has 3 aromatic rings. The van der Waals surface area contributed by atoms with Gasteiger partial charge in [-0.3, -0.25) is 14.9 Å². The van der Waals surface area contributed by atoms with Crippen molar-refractivity contribution in [3.05, 3.63) is 83.7 Å². The first kappa shape index (κ1) is 31.2. The summed E-state index contributed by atoms with van der Waals surface area (Å²) in [6.07, 6.45) is 2.96. The first-order chi connectivity index (χ1) is 18.7. The van der Waals surface area contributed by atoms with Gasteiger partial charge >= 0.3 is 6.09 Å². The molecule has 212 valence electrons. The Bertz CT molecular complexity index is 1320. The van der Waals surface area contributed by atoms with E-state index in [-0.39, 0.29) is 53.7 Å². The molecule has 0 saturated carbocycles. The number of hydrogen-bond acceptors (Lipinski definition) is 4. The van der Waals surface area contributed by atoms with Crippen LogP contribution in [-0.4, -0.2) is 56.1 Å². The summed E-state index contributed by atoms with van der Waals surface area (Å²) < 4.78 is 20.8. The summed E-state index contributed by atoms with van der Waals surface area (Å²) in [5.74, 6) is -0.965. The first-order valence-corrected chi connectivity index (χ1v) is 13.2. The average molecular weight is 660 g/mol. The van der Waals surface area contributed by atoms with Gasteiger partial charge in [0.2, 0.25) is 5.91 Å². The molecule has 1 heterocycles. The van der Waals surface area contributed by atoms with E-state index in [1.54, 1.807) is 0 Å². The van der Waals surface area contributed by atoms with Gasteiger partial charge in [-0.2, -0.15) is 0 Å². The van der Waals surface area contributed by atoms with E-state index < -0.39 is 11.9 Å². The topological polar surface area (TPSA) is 84.5 Å². The zero-order valence-corrected chi connectivity index (χ0v) is 24.9. The largest absolute Gasteiger partial charge is 1.00 e. The molecule has 0 bridgehead atoms. The summed E-state index contributed by atoms with van der Waals surface area (Å²) in [5, 5.41) is 5.51. The van der Waals surface area contributed by atoms with Crippen LogP contribution in [0, 0.1) is 5.82 Å². The number of amides is 2. The number of rotatable bonds is 9. The summed E-state index contributed by atoms with van der Waals surface area (Å²) in [4.78, 5) is 36.0. The number of nitrogens with one attached hydrogen (secondary N) is 2. The second-order valence-electron chi connectivity index (χ2n) is 10.6. The number of anilines is 2. The van der Waals surface area contributed by atoms with Crippen molar-refractivity contribution in [1.29, 1.82) is 0 Å². The highest BCUT2D eigenvalue weighted by molar-refractivity contribution is 5.92. The fraction of sp³-hybridized carbons (Fsp3) is 0.323. The molecule has 0 aromatic heterocycles. The quantitative estimate of drug-likeness (QED) is 0.210. The van der Waals surface area contributed by atoms with Crippen LogP contribution in [0.25, 0.3) is 11.1 Å². The number of aldehydes is 1. The van der Waals surface area contributed by atoms with E-state index in [9.17, 15) is 18.8 Å². The minimum atomic E-state index is -0.650. The summed E-state index contributed by atoms with van der Waals surface area (Å²) in [6.45, 7) is 1.93. The van der Waals surface area contributed by atoms with Crippen LogP contribution in [0.3, 0.4) is 0 Å². The van der Waals surface area contributed by atoms with E-state index in [0.29, 0.717) is 24.8 Å². The number of ether oxygens (including phenoxy) is 1. The van der Waals surface area contributed by atoms with Crippen molar-refractivity contribution >= 4 is 29.7 Å². The number of likely N-dealkylation sites (tertiary alicyclic amines) is 1. The fourth-order valence-corrected chi connectivity index (χ4v) is 4.74. The third-order valence-corrected chi connectivity index (χ3v) is 7.06. The van der Waals surface area contributed by atoms with Crippen LogP contribution in [0.2, 0.25) is 0 Å². The molecule has 2 N–H and O–H groups in total. The highest BCUT2D eigenvalue weighted by Gasteiger charge is 2.28. The van der Waals surface area contributed by atoms with Crippen LogP contribution in [0.1, 0.15) is 41.6 Å². The SMILES string of the molecule is C[N+]1(C)CCC(OC(=O)Nc2cc(CCCC(=O)Nc3ccc(C=O)cc3F)ccc2-c2ccccc2)CC1.[I-]. The predicted octanol–water partition coefficient (Wildman–Crippen LogP) is 3.06. The zero-order valence-electron chi connectivity index (χ0n) is 22.8. The third kappa shape index (κ3) is 8.85. The van der Waals surface area contributed by atoms with Crippen molar-refractivity contribution in [3.63, 3.8) is 0 Å². The number of piperidine rings is 1. The van der Waals surface area contributed by atoms with Gasteiger partial charge in [0.25, 0.3) is 0 Å². The lowest BCUT2D eigenvalue weighted by atomic mass is 9.99. The van der Waals surface area contributed by atoms with Crippen LogP contribution >= 0.6 is 0 Å². The van der Waals surface area contributed by atoms with Gasteiger partial charge in [-0.25, -0.2) is 9.18 Å². The molecule has 1 saturated heterocycles. The molecule has 0 aliphatic carbocycles. The molecule has 7 nitrogen and oxygen atoms in total. The molecule has 3 aromatic carbocycles. The van der Waals surface area contributed by atoms with E-state index in [1.165, 1.54) is 12.1 Å². The molecule has 2 amide bonds. The molecular formula is C31H35FIN3O4. The summed E-state index contributed by atoms with van der Waals surface area (Å²) in [7, 11) is 4.36. The van der Waals surface area contributed by atoms with Crippen LogP contribution < -0.4 is 34.6 Å². The Kier molecular flexibility index (Phi) is 11.2. The predicted molar refractivity (Wildman–Crippen MR) is 150 cm³/mol. The Morgan fingerprint density at radius 2 is 1.70 bits per heavy atom. The van der Waals surface area contributed by atoms with Gasteiger partial charge in [-0.05, 0) is 48.2 Å². The highest BCUT2D eigenvalue weighted by Crippen LogP contribution is 2.30. The number of carbonyl (C=O) groups is 3. The molecule has 40 heavy (non-hydrogen) atoms. The second-order valence-corrected chi connectivity index (χ2v) is 10.6. The van der Waals surface area contributed by atoms with E-state index >= 15 is 0 Å². The van der Waals surface area contributed by atoms with Gasteiger partial charge in [0, 0.05) is 30.4 Å². The molecule has 4 rings (SSSR count). The number of halogens is 2. The van der Waals surface area contributed by atoms with E-state index in [0.717, 1.165) is 53.2 Å². The van der Waals surface area contributed by atoms with E-state index in [2.05, 4.69) is 24.7 Å². The Balaban J connectivity index is 0.00000441. The molecule has 9 heteroatoms. The van der Waals surface area contributed by atoms with E-state index in [4.69, 9.17) is 4.74 Å². The van der Waals surface area contributed by atoms with Crippen molar-refractivity contribution in [2.75, 3.05) is 37.8 Å². The maximum atomic E-state index is 14.1. The summed E-state index contributed by atoms with van der Waals surface area (Å²) in [6, 6.07) is 19.6. The number of hydrogen-bond donors (Lipinski definition) is 2. The van der Waals surface area contributed by atoms with E-state index in [1.807, 2.05) is 48.5 Å². The lowest BCUT2D eigenvalue weighted by Gasteiger charge is -2.36. The normalized spacial score (nSPS) is 14.5. The number of aryl methyl sites for hydroxylation is 1. The van der Waals surface area contributed by atoms with Crippen molar-refractivity contribution < 1.29 is 52.0 Å². The molecule has 1 fully saturated rings. The second kappa shape index (κ2) is 14.4. The van der Waals surface area contributed by atoms with Gasteiger partial charge in [-0.15, -0.1) is 0 Å². The van der Waals surface area contributed by atoms with Gasteiger partial charge in [0.1, 0.15) is 18.2 Å². The standard InChI is InChI=1S/C31H34FN3O4.HI/c1-35(2)17-15-25(16-18-35)39-31(38)34-29-20-22(11-13-26(29)24-8-4-3-5-9-24)7-6-10-30(37)33-28-14-12-23(21-36)19-27(28)32;/h3-5,8-9,11-14,19-21,25H,6-7,10,15-18H2,1-2H3,(H-,33,34,36,37,38);1H. The monoisotopic (exact) mass is 659 g/mol. The van der Waals surface area contributed by atoms with Crippen molar-refractivity contribution in [1.82, 2.24) is 0 Å². The molecule has 0 atom stereocenters. The Morgan fingerprint density at radius 3 is 2.38 bits per heavy atom. The minimum Gasteiger partial charge on any atom is -1.00 e. The number of carbonyl (C=O) groups excluding carboxylic acids is 3. The lowest BCUT2D eigenvalue weighted by molar-refractivity contribution is -0.896. The number of benzene rings is 3. The Morgan fingerprint density at radius 1 is 0.975 bits per heavy atom. The third-order valence-electron chi connectivity index (χ3n) is 7.06. The van der Waals surface area contributed by atoms with Crippen LogP contribution in [0.5, 0.6) is 0 Å². The van der Waals surface area contributed by atoms with Crippen LogP contribution in [0.15, 0.2) is 66.7 Å². The Labute approximate surface area is 251 Å². The fourth-order valence-electron chi connectivity index (χ4n) is 4.74. The Hall–Kier alpha value is -3.31. The van der Waals surface area contributed by atoms with Crippen molar-refractivity contribution in [2.24, 2.45) is 0 Å². The molecule has 1 aliphatic heterocycles. The van der Waals surface area contributed by atoms with Crippen molar-refractivity contribution in [2.45, 2.75) is 38.2 Å². The van der Waals surface area contributed by atoms with Gasteiger partial charge in [0.15, 0.2) is 0 Å². The molecular weight excluding hydrogens is 624 g/mol. The first-order valence-electron chi connectivity index (χ1n) is 13.2. The molecule has 0 spiro atoms. The summed E-state index contributed by atoms with van der Waals surface area (Å²) in [5.41, 5.74) is 3.71. The van der Waals surface area contributed by atoms with Gasteiger partial charge < -0.3 is 38.5 Å². The minimum absolute atomic E-state index is 0. The zero-order chi connectivity index (χ0) is 27.8. The molecule has 1 aliphatic rings. The smallest absolute Gasteiger partial charge is 0.411 e. The molecule has 0 unspecified atom stereocenters. The summed E-state index contributed by atoms with van der Waals surface area (Å²) >= 11 is 0. The lowest BCUT2D eigenvalue weighted by Crippen LogP contribution is -3.00. The number of nitrogens with zero attached hydrogens (tertiary/aromatic N) is 1. The van der Waals surface area contributed by atoms with Crippen LogP contribution in [-0.2, 0) is 16.0 Å². The van der Waals surface area contributed by atoms with Gasteiger partial charge in [0.05, 0.1) is 38.6 Å². The molecule has 0 radical (unpaired) electrons. The average Bonchev–Trinajstić information content (AvgIpc) is 2.91. The van der Waals surface area contributed by atoms with Crippen LogP contribution in [0.4, 0.5) is 20.6 Å². The number of quaternary nitrogens is 1. The maximum absolute atomic E-state index is 14.1. The highest BCUT2D eigenvalue weighted by atomic mass is 127. The van der Waals surface area contributed by atoms with Crippen molar-refractivity contribution in [3.8, 4) is 11.1 Å². The maximum Gasteiger partial charge on any atom is 0.411 e.